The summed E-state index contributed by atoms with van der Waals surface area (Å²) in [7, 11) is -2.27. The molecule has 0 amide bonds. The molecule has 0 bridgehead atoms. The van der Waals surface area contributed by atoms with Crippen LogP contribution in [0.15, 0.2) is 29.6 Å². The Balaban J connectivity index is 1.99. The van der Waals surface area contributed by atoms with Crippen LogP contribution in [0.3, 0.4) is 0 Å². The standard InChI is InChI=1S/C11H8Cl2N4O2S2/c1-17-5-14-10(9(17)13)21(18,19)16-11-15-7-3-2-6(12)4-8(7)20-11/h2-5H,1H3,(H,15,16). The first-order chi connectivity index (χ1) is 9.87. The maximum atomic E-state index is 12.2. The lowest BCUT2D eigenvalue weighted by atomic mass is 10.3. The Kier molecular flexibility index (Phi) is 3.56. The fraction of sp³-hybridized carbons (Fsp3) is 0.0909. The van der Waals surface area contributed by atoms with Gasteiger partial charge in [-0.15, -0.1) is 0 Å². The van der Waals surface area contributed by atoms with Gasteiger partial charge in [-0.2, -0.15) is 8.42 Å². The van der Waals surface area contributed by atoms with E-state index in [2.05, 4.69) is 14.7 Å². The van der Waals surface area contributed by atoms with Crippen molar-refractivity contribution < 1.29 is 8.42 Å². The van der Waals surface area contributed by atoms with E-state index in [0.29, 0.717) is 10.5 Å². The van der Waals surface area contributed by atoms with E-state index in [0.717, 1.165) is 4.70 Å². The summed E-state index contributed by atoms with van der Waals surface area (Å²) in [6.45, 7) is 0. The van der Waals surface area contributed by atoms with Crippen LogP contribution in [0.4, 0.5) is 5.13 Å². The van der Waals surface area contributed by atoms with Crippen LogP contribution in [0.5, 0.6) is 0 Å². The second-order valence-electron chi connectivity index (χ2n) is 4.19. The van der Waals surface area contributed by atoms with Crippen molar-refractivity contribution in [2.45, 2.75) is 5.03 Å². The van der Waals surface area contributed by atoms with Crippen molar-refractivity contribution in [3.63, 3.8) is 0 Å². The number of hydrogen-bond donors (Lipinski definition) is 1. The average molecular weight is 363 g/mol. The topological polar surface area (TPSA) is 76.9 Å². The third-order valence-corrected chi connectivity index (χ3v) is 5.79. The first-order valence-electron chi connectivity index (χ1n) is 5.62. The molecule has 2 aromatic heterocycles. The number of hydrogen-bond acceptors (Lipinski definition) is 5. The van der Waals surface area contributed by atoms with Crippen molar-refractivity contribution in [2.75, 3.05) is 4.72 Å². The normalized spacial score (nSPS) is 12.0. The van der Waals surface area contributed by atoms with Crippen molar-refractivity contribution in [3.05, 3.63) is 34.7 Å². The maximum absolute atomic E-state index is 12.2. The SMILES string of the molecule is Cn1cnc(S(=O)(=O)Nc2nc3ccc(Cl)cc3s2)c1Cl. The highest BCUT2D eigenvalue weighted by Gasteiger charge is 2.23. The molecule has 0 radical (unpaired) electrons. The van der Waals surface area contributed by atoms with E-state index in [4.69, 9.17) is 23.2 Å². The number of aryl methyl sites for hydroxylation is 1. The molecule has 0 saturated heterocycles. The molecule has 6 nitrogen and oxygen atoms in total. The van der Waals surface area contributed by atoms with Gasteiger partial charge in [-0.05, 0) is 18.2 Å². The molecule has 21 heavy (non-hydrogen) atoms. The molecule has 0 aliphatic heterocycles. The minimum Gasteiger partial charge on any atom is -0.324 e. The summed E-state index contributed by atoms with van der Waals surface area (Å²) in [5.74, 6) is 0. The van der Waals surface area contributed by atoms with Crippen LogP contribution in [0.25, 0.3) is 10.2 Å². The van der Waals surface area contributed by atoms with Gasteiger partial charge in [-0.3, -0.25) is 4.72 Å². The molecule has 3 aromatic rings. The molecule has 0 aliphatic carbocycles. The van der Waals surface area contributed by atoms with Gasteiger partial charge in [-0.1, -0.05) is 34.5 Å². The molecule has 0 spiro atoms. The number of aromatic nitrogens is 3. The van der Waals surface area contributed by atoms with Crippen molar-refractivity contribution in [2.24, 2.45) is 7.05 Å². The molecule has 10 heteroatoms. The summed E-state index contributed by atoms with van der Waals surface area (Å²) in [6.07, 6.45) is 1.33. The predicted molar refractivity (Wildman–Crippen MR) is 83.7 cm³/mol. The second kappa shape index (κ2) is 5.13. The Morgan fingerprint density at radius 1 is 1.33 bits per heavy atom. The Labute approximate surface area is 134 Å². The molecule has 110 valence electrons. The summed E-state index contributed by atoms with van der Waals surface area (Å²) in [5, 5.41) is 0.595. The van der Waals surface area contributed by atoms with Crippen molar-refractivity contribution in [3.8, 4) is 0 Å². The van der Waals surface area contributed by atoms with Crippen LogP contribution in [-0.4, -0.2) is 23.0 Å². The summed E-state index contributed by atoms with van der Waals surface area (Å²) in [5.41, 5.74) is 0.661. The highest BCUT2D eigenvalue weighted by molar-refractivity contribution is 7.93. The van der Waals surface area contributed by atoms with Crippen LogP contribution >= 0.6 is 34.5 Å². The fourth-order valence-corrected chi connectivity index (χ4v) is 4.49. The largest absolute Gasteiger partial charge is 0.324 e. The zero-order chi connectivity index (χ0) is 15.2. The number of nitrogens with zero attached hydrogens (tertiary/aromatic N) is 3. The molecule has 0 unspecified atom stereocenters. The number of thiazole rings is 1. The van der Waals surface area contributed by atoms with Gasteiger partial charge in [-0.25, -0.2) is 9.97 Å². The van der Waals surface area contributed by atoms with E-state index in [1.54, 1.807) is 25.2 Å². The molecule has 1 N–H and O–H groups in total. The van der Waals surface area contributed by atoms with E-state index in [1.165, 1.54) is 22.2 Å². The van der Waals surface area contributed by atoms with Crippen molar-refractivity contribution in [1.82, 2.24) is 14.5 Å². The summed E-state index contributed by atoms with van der Waals surface area (Å²) in [6, 6.07) is 5.14. The summed E-state index contributed by atoms with van der Waals surface area (Å²) in [4.78, 5) is 7.98. The predicted octanol–water partition coefficient (Wildman–Crippen LogP) is 3.14. The third kappa shape index (κ3) is 2.71. The minimum absolute atomic E-state index is 0.0339. The molecule has 0 fully saturated rings. The minimum atomic E-state index is -3.88. The highest BCUT2D eigenvalue weighted by atomic mass is 35.5. The van der Waals surface area contributed by atoms with Gasteiger partial charge in [0.15, 0.2) is 5.13 Å². The lowest BCUT2D eigenvalue weighted by Crippen LogP contribution is -2.13. The summed E-state index contributed by atoms with van der Waals surface area (Å²) < 4.78 is 29.1. The van der Waals surface area contributed by atoms with Gasteiger partial charge in [0.05, 0.1) is 16.5 Å². The van der Waals surface area contributed by atoms with E-state index in [-0.39, 0.29) is 15.3 Å². The summed E-state index contributed by atoms with van der Waals surface area (Å²) >= 11 is 13.0. The van der Waals surface area contributed by atoms with E-state index < -0.39 is 10.0 Å². The van der Waals surface area contributed by atoms with Gasteiger partial charge >= 0.3 is 0 Å². The highest BCUT2D eigenvalue weighted by Crippen LogP contribution is 2.30. The molecule has 2 heterocycles. The zero-order valence-electron chi connectivity index (χ0n) is 10.5. The van der Waals surface area contributed by atoms with Crippen molar-refractivity contribution in [1.29, 1.82) is 0 Å². The Morgan fingerprint density at radius 3 is 2.76 bits per heavy atom. The third-order valence-electron chi connectivity index (χ3n) is 2.66. The molecule has 1 aromatic carbocycles. The second-order valence-corrected chi connectivity index (χ2v) is 7.61. The average Bonchev–Trinajstić information content (AvgIpc) is 2.93. The number of sulfonamides is 1. The molecule has 3 rings (SSSR count). The molecule has 0 aliphatic rings. The number of nitrogens with one attached hydrogen (secondary N) is 1. The van der Waals surface area contributed by atoms with Gasteiger partial charge in [0, 0.05) is 12.1 Å². The zero-order valence-corrected chi connectivity index (χ0v) is 13.7. The number of halogens is 2. The Morgan fingerprint density at radius 2 is 2.10 bits per heavy atom. The Hall–Kier alpha value is -1.35. The van der Waals surface area contributed by atoms with Crippen LogP contribution in [0, 0.1) is 0 Å². The van der Waals surface area contributed by atoms with Crippen LogP contribution in [-0.2, 0) is 17.1 Å². The van der Waals surface area contributed by atoms with Crippen LogP contribution in [0.2, 0.25) is 10.2 Å². The molecular weight excluding hydrogens is 355 g/mol. The van der Waals surface area contributed by atoms with E-state index >= 15 is 0 Å². The fourth-order valence-electron chi connectivity index (χ4n) is 1.68. The number of anilines is 1. The van der Waals surface area contributed by atoms with Gasteiger partial charge in [0.1, 0.15) is 5.15 Å². The lowest BCUT2D eigenvalue weighted by Gasteiger charge is -2.02. The Bertz CT molecular complexity index is 933. The van der Waals surface area contributed by atoms with Crippen LogP contribution < -0.4 is 4.72 Å². The van der Waals surface area contributed by atoms with Gasteiger partial charge < -0.3 is 4.57 Å². The number of imidazole rings is 1. The van der Waals surface area contributed by atoms with Crippen molar-refractivity contribution >= 4 is 59.9 Å². The number of fused-ring (bicyclic) bond motifs is 1. The monoisotopic (exact) mass is 362 g/mol. The van der Waals surface area contributed by atoms with Gasteiger partial charge in [0.2, 0.25) is 5.03 Å². The quantitative estimate of drug-likeness (QED) is 0.776. The van der Waals surface area contributed by atoms with Gasteiger partial charge in [0.25, 0.3) is 10.0 Å². The lowest BCUT2D eigenvalue weighted by molar-refractivity contribution is 0.598. The molecule has 0 saturated carbocycles. The maximum Gasteiger partial charge on any atom is 0.284 e. The molecule has 0 atom stereocenters. The van der Waals surface area contributed by atoms with Crippen LogP contribution in [0.1, 0.15) is 0 Å². The number of rotatable bonds is 3. The smallest absolute Gasteiger partial charge is 0.284 e. The number of benzene rings is 1. The van der Waals surface area contributed by atoms with E-state index in [9.17, 15) is 8.42 Å². The first kappa shape index (κ1) is 14.6. The first-order valence-corrected chi connectivity index (χ1v) is 8.68. The molecular formula is C11H8Cl2N4O2S2. The van der Waals surface area contributed by atoms with E-state index in [1.807, 2.05) is 0 Å².